The van der Waals surface area contributed by atoms with Gasteiger partial charge in [0, 0.05) is 6.20 Å². The maximum Gasteiger partial charge on any atom is 0.459 e. The van der Waals surface area contributed by atoms with Crippen LogP contribution in [-0.4, -0.2) is 64.1 Å². The fourth-order valence-electron chi connectivity index (χ4n) is 6.84. The van der Waals surface area contributed by atoms with Crippen LogP contribution in [0.25, 0.3) is 5.52 Å². The van der Waals surface area contributed by atoms with Gasteiger partial charge < -0.3 is 29.2 Å². The van der Waals surface area contributed by atoms with Crippen molar-refractivity contribution in [1.82, 2.24) is 14.7 Å². The Hall–Kier alpha value is -4.48. The van der Waals surface area contributed by atoms with E-state index in [4.69, 9.17) is 33.7 Å². The van der Waals surface area contributed by atoms with Crippen LogP contribution in [0.3, 0.4) is 0 Å². The zero-order chi connectivity index (χ0) is 41.0. The molecule has 1 aliphatic heterocycles. The van der Waals surface area contributed by atoms with E-state index in [0.717, 1.165) is 12.8 Å². The number of fused-ring (bicyclic) bond motifs is 1. The number of nitriles is 1. The molecule has 3 aromatic rings. The summed E-state index contributed by atoms with van der Waals surface area (Å²) in [7, 11) is -4.58. The zero-order valence-corrected chi connectivity index (χ0v) is 34.2. The topological polar surface area (TPSA) is 203 Å². The second-order valence-corrected chi connectivity index (χ2v) is 17.9. The van der Waals surface area contributed by atoms with Crippen LogP contribution in [0.2, 0.25) is 0 Å². The van der Waals surface area contributed by atoms with E-state index in [1.807, 2.05) is 0 Å². The van der Waals surface area contributed by atoms with Crippen LogP contribution in [0.15, 0.2) is 54.7 Å². The van der Waals surface area contributed by atoms with Gasteiger partial charge in [-0.15, -0.1) is 0 Å². The van der Waals surface area contributed by atoms with E-state index in [1.54, 1.807) is 76.2 Å². The number of nitrogens with zero attached hydrogens (tertiary/aromatic N) is 3. The van der Waals surface area contributed by atoms with Gasteiger partial charge in [-0.05, 0) is 74.3 Å². The molecule has 2 aromatic heterocycles. The van der Waals surface area contributed by atoms with Gasteiger partial charge in [0.1, 0.15) is 36.7 Å². The summed E-state index contributed by atoms with van der Waals surface area (Å²) in [4.78, 5) is 39.9. The first-order chi connectivity index (χ1) is 26.4. The number of hydrogen-bond donors (Lipinski definition) is 2. The van der Waals surface area contributed by atoms with Crippen LogP contribution in [0.5, 0.6) is 5.75 Å². The van der Waals surface area contributed by atoms with Crippen molar-refractivity contribution in [2.24, 2.45) is 23.2 Å². The molecule has 2 fully saturated rings. The minimum Gasteiger partial charge on any atom is -0.461 e. The number of ether oxygens (including phenoxy) is 4. The summed E-state index contributed by atoms with van der Waals surface area (Å²) >= 11 is 0. The second-order valence-electron chi connectivity index (χ2n) is 16.3. The van der Waals surface area contributed by atoms with E-state index in [9.17, 15) is 24.2 Å². The highest BCUT2D eigenvalue weighted by molar-refractivity contribution is 7.52. The van der Waals surface area contributed by atoms with Crippen LogP contribution in [0.4, 0.5) is 5.69 Å². The van der Waals surface area contributed by atoms with Crippen LogP contribution in [0.1, 0.15) is 92.9 Å². The van der Waals surface area contributed by atoms with E-state index in [0.29, 0.717) is 35.7 Å². The predicted octanol–water partition coefficient (Wildman–Crippen LogP) is 6.72. The Morgan fingerprint density at radius 1 is 0.964 bits per heavy atom. The van der Waals surface area contributed by atoms with Crippen molar-refractivity contribution < 1.29 is 46.9 Å². The number of carbonyl (C=O) groups excluding carboxylic acids is 3. The lowest BCUT2D eigenvalue weighted by atomic mass is 9.72. The largest absolute Gasteiger partial charge is 0.461 e. The van der Waals surface area contributed by atoms with Crippen LogP contribution < -0.4 is 15.3 Å². The monoisotopic (exact) mass is 795 g/mol. The van der Waals surface area contributed by atoms with Gasteiger partial charge in [0.25, 0.3) is 0 Å². The molecule has 1 aromatic carbocycles. The molecule has 304 valence electrons. The second kappa shape index (κ2) is 17.3. The van der Waals surface area contributed by atoms with Gasteiger partial charge in [-0.1, -0.05) is 66.7 Å². The first-order valence-corrected chi connectivity index (χ1v) is 20.6. The summed E-state index contributed by atoms with van der Waals surface area (Å²) < 4.78 is 52.3. The third-order valence-electron chi connectivity index (χ3n) is 10.2. The molecule has 3 heterocycles. The molecule has 1 saturated carbocycles. The summed E-state index contributed by atoms with van der Waals surface area (Å²) in [5, 5.41) is 18.0. The number of esters is 3. The van der Waals surface area contributed by atoms with Crippen molar-refractivity contribution in [2.45, 2.75) is 117 Å². The fourth-order valence-corrected chi connectivity index (χ4v) is 8.36. The third kappa shape index (κ3) is 9.72. The van der Waals surface area contributed by atoms with E-state index >= 15 is 0 Å². The summed E-state index contributed by atoms with van der Waals surface area (Å²) in [6, 6.07) is 14.0. The standard InChI is InChI=1S/C40H54N5O10P/c1-24(2)36(46)52-34-33(32-19-18-31-30(42)20-21-43-45(31)32)54-40(22-41,35(34)53-37(47)25(3)4)23-50-56(49,55-29-12-10-9-11-13-29)44-26(5)38(48)51-28-16-14-27(15-17-28)39(6,7)8/h9-13,18-21,24-28,33-35H,14-17,23,42H2,1-8H3,(H,44,49)/t26-,27-,28-,33-,34-,35-,40+,56-/m0/s1. The Bertz CT molecular complexity index is 1950. The molecule has 6 atom stereocenters. The minimum absolute atomic E-state index is 0.135. The lowest BCUT2D eigenvalue weighted by Crippen LogP contribution is -2.50. The van der Waals surface area contributed by atoms with Gasteiger partial charge in [0.05, 0.1) is 28.7 Å². The number of rotatable bonds is 14. The average Bonchev–Trinajstić information content (AvgIpc) is 3.71. The number of benzene rings is 1. The Labute approximate surface area is 328 Å². The minimum atomic E-state index is -4.58. The lowest BCUT2D eigenvalue weighted by Gasteiger charge is -2.37. The Balaban J connectivity index is 1.47. The summed E-state index contributed by atoms with van der Waals surface area (Å²) in [6.07, 6.45) is 0.149. The van der Waals surface area contributed by atoms with Crippen molar-refractivity contribution in [1.29, 1.82) is 5.26 Å². The summed E-state index contributed by atoms with van der Waals surface area (Å²) in [6.45, 7) is 13.7. The van der Waals surface area contributed by atoms with Gasteiger partial charge in [-0.25, -0.2) is 9.08 Å². The third-order valence-corrected chi connectivity index (χ3v) is 11.9. The van der Waals surface area contributed by atoms with Crippen molar-refractivity contribution in [3.05, 3.63) is 60.4 Å². The number of para-hydroxylation sites is 1. The van der Waals surface area contributed by atoms with Gasteiger partial charge >= 0.3 is 25.7 Å². The molecule has 16 heteroatoms. The molecule has 15 nitrogen and oxygen atoms in total. The number of nitrogens with one attached hydrogen (secondary N) is 1. The normalized spacial score (nSPS) is 25.6. The number of carbonyl (C=O) groups is 3. The van der Waals surface area contributed by atoms with Crippen molar-refractivity contribution >= 4 is 36.9 Å². The van der Waals surface area contributed by atoms with Gasteiger partial charge in [0.2, 0.25) is 5.60 Å². The summed E-state index contributed by atoms with van der Waals surface area (Å²) in [5.41, 5.74) is 5.35. The smallest absolute Gasteiger partial charge is 0.459 e. The first kappa shape index (κ1) is 42.7. The molecular formula is C40H54N5O10P. The average molecular weight is 796 g/mol. The van der Waals surface area contributed by atoms with Crippen LogP contribution in [-0.2, 0) is 42.4 Å². The number of nitrogen functional groups attached to an aromatic ring is 1. The maximum atomic E-state index is 14.7. The van der Waals surface area contributed by atoms with Gasteiger partial charge in [-0.2, -0.15) is 15.4 Å². The SMILES string of the molecule is CC(C)C(=O)O[C@H]1[C@H](c2ccc3c(N)ccnn23)O[C@](C#N)(CO[P@@](=O)(N[C@@H](C)C(=O)O[C@H]2CC[C@H](C(C)(C)C)CC2)Oc2ccccc2)[C@H]1OC(=O)C(C)C. The van der Waals surface area contributed by atoms with E-state index in [1.165, 1.54) is 17.6 Å². The van der Waals surface area contributed by atoms with Gasteiger partial charge in [0.15, 0.2) is 12.2 Å². The molecule has 5 rings (SSSR count). The molecule has 0 radical (unpaired) electrons. The Morgan fingerprint density at radius 2 is 1.61 bits per heavy atom. The Morgan fingerprint density at radius 3 is 2.21 bits per heavy atom. The molecule has 2 aliphatic rings. The highest BCUT2D eigenvalue weighted by atomic mass is 31.2. The molecular weight excluding hydrogens is 741 g/mol. The van der Waals surface area contributed by atoms with Crippen LogP contribution in [0, 0.1) is 34.5 Å². The van der Waals surface area contributed by atoms with E-state index in [-0.39, 0.29) is 17.3 Å². The van der Waals surface area contributed by atoms with E-state index in [2.05, 4.69) is 37.0 Å². The number of anilines is 1. The summed E-state index contributed by atoms with van der Waals surface area (Å²) in [5.74, 6) is -2.66. The zero-order valence-electron chi connectivity index (χ0n) is 33.3. The highest BCUT2D eigenvalue weighted by Gasteiger charge is 2.62. The number of hydrogen-bond acceptors (Lipinski definition) is 13. The van der Waals surface area contributed by atoms with Gasteiger partial charge in [-0.3, -0.25) is 18.9 Å². The number of aromatic nitrogens is 2. The molecule has 1 saturated heterocycles. The maximum absolute atomic E-state index is 14.7. The van der Waals surface area contributed by atoms with Crippen molar-refractivity contribution in [2.75, 3.05) is 12.3 Å². The molecule has 0 amide bonds. The molecule has 0 spiro atoms. The fraction of sp³-hybridized carbons (Fsp3) is 0.575. The molecule has 0 unspecified atom stereocenters. The van der Waals surface area contributed by atoms with Crippen LogP contribution >= 0.6 is 7.75 Å². The molecule has 0 bridgehead atoms. The quantitative estimate of drug-likeness (QED) is 0.0989. The lowest BCUT2D eigenvalue weighted by molar-refractivity contribution is -0.173. The van der Waals surface area contributed by atoms with E-state index < -0.39 is 74.1 Å². The Kier molecular flexibility index (Phi) is 13.2. The molecule has 56 heavy (non-hydrogen) atoms. The number of nitrogens with two attached hydrogens (primary N) is 1. The highest BCUT2D eigenvalue weighted by Crippen LogP contribution is 2.50. The van der Waals surface area contributed by atoms with Crippen molar-refractivity contribution in [3.8, 4) is 11.8 Å². The predicted molar refractivity (Wildman–Crippen MR) is 206 cm³/mol. The van der Waals surface area contributed by atoms with Crippen molar-refractivity contribution in [3.63, 3.8) is 0 Å². The first-order valence-electron chi connectivity index (χ1n) is 19.1. The molecule has 1 aliphatic carbocycles. The molecule has 3 N–H and O–H groups in total.